The Morgan fingerprint density at radius 3 is 2.35 bits per heavy atom. The Morgan fingerprint density at radius 2 is 1.82 bits per heavy atom. The number of urea groups is 1. The first kappa shape index (κ1) is 14.3. The molecular weight excluding hydrogens is 214 g/mol. The van der Waals surface area contributed by atoms with Gasteiger partial charge in [0.15, 0.2) is 0 Å². The van der Waals surface area contributed by atoms with Gasteiger partial charge in [0, 0.05) is 18.6 Å². The second-order valence-electron chi connectivity index (χ2n) is 5.96. The number of amides is 2. The molecule has 2 N–H and O–H groups in total. The van der Waals surface area contributed by atoms with E-state index in [-0.39, 0.29) is 11.6 Å². The summed E-state index contributed by atoms with van der Waals surface area (Å²) in [4.78, 5) is 14.0. The van der Waals surface area contributed by atoms with E-state index in [2.05, 4.69) is 43.2 Å². The van der Waals surface area contributed by atoms with Gasteiger partial charge in [0.25, 0.3) is 0 Å². The second-order valence-corrected chi connectivity index (χ2v) is 5.96. The summed E-state index contributed by atoms with van der Waals surface area (Å²) >= 11 is 0. The third kappa shape index (κ3) is 4.94. The molecule has 1 rings (SSSR count). The summed E-state index contributed by atoms with van der Waals surface area (Å²) in [6, 6.07) is -0.0500. The van der Waals surface area contributed by atoms with Crippen molar-refractivity contribution in [2.45, 2.75) is 46.1 Å². The number of likely N-dealkylation sites (tertiary alicyclic amines) is 1. The molecule has 1 aliphatic heterocycles. The van der Waals surface area contributed by atoms with E-state index in [4.69, 9.17) is 0 Å². The zero-order valence-electron chi connectivity index (χ0n) is 11.7. The maximum absolute atomic E-state index is 11.6. The highest BCUT2D eigenvalue weighted by Crippen LogP contribution is 2.19. The van der Waals surface area contributed by atoms with Crippen molar-refractivity contribution in [1.82, 2.24) is 15.5 Å². The monoisotopic (exact) mass is 241 g/mol. The summed E-state index contributed by atoms with van der Waals surface area (Å²) in [5, 5.41) is 5.84. The molecule has 1 aliphatic rings. The van der Waals surface area contributed by atoms with Gasteiger partial charge in [-0.2, -0.15) is 0 Å². The molecule has 0 atom stereocenters. The number of hydrogen-bond donors (Lipinski definition) is 2. The van der Waals surface area contributed by atoms with Gasteiger partial charge in [0.1, 0.15) is 0 Å². The Labute approximate surface area is 105 Å². The van der Waals surface area contributed by atoms with Crippen molar-refractivity contribution in [3.63, 3.8) is 0 Å². The smallest absolute Gasteiger partial charge is 0.314 e. The normalized spacial score (nSPS) is 17.5. The molecule has 1 heterocycles. The Hall–Kier alpha value is -0.770. The molecule has 0 aromatic heterocycles. The molecule has 0 aromatic carbocycles. The van der Waals surface area contributed by atoms with E-state index in [0.717, 1.165) is 19.6 Å². The van der Waals surface area contributed by atoms with E-state index in [1.807, 2.05) is 0 Å². The second kappa shape index (κ2) is 6.24. The first-order valence-corrected chi connectivity index (χ1v) is 6.68. The number of carbonyl (C=O) groups is 1. The molecular formula is C13H27N3O. The van der Waals surface area contributed by atoms with Gasteiger partial charge in [0.05, 0.1) is 0 Å². The van der Waals surface area contributed by atoms with Crippen molar-refractivity contribution >= 4 is 6.03 Å². The van der Waals surface area contributed by atoms with Crippen molar-refractivity contribution in [3.05, 3.63) is 0 Å². The number of rotatable bonds is 5. The molecule has 0 saturated carbocycles. The summed E-state index contributed by atoms with van der Waals surface area (Å²) in [6.45, 7) is 12.3. The summed E-state index contributed by atoms with van der Waals surface area (Å²) in [5.74, 6) is 0.493. The number of nitrogens with zero attached hydrogens (tertiary/aromatic N) is 1. The maximum Gasteiger partial charge on any atom is 0.314 e. The SMILES string of the molecule is CC(C)CNC(=O)NCC(C)(C)N1CCCC1. The quantitative estimate of drug-likeness (QED) is 0.771. The summed E-state index contributed by atoms with van der Waals surface area (Å²) in [5.41, 5.74) is 0.0612. The van der Waals surface area contributed by atoms with Crippen LogP contribution in [-0.4, -0.2) is 42.6 Å². The van der Waals surface area contributed by atoms with E-state index in [0.29, 0.717) is 12.5 Å². The summed E-state index contributed by atoms with van der Waals surface area (Å²) < 4.78 is 0. The average molecular weight is 241 g/mol. The minimum Gasteiger partial charge on any atom is -0.338 e. The lowest BCUT2D eigenvalue weighted by Gasteiger charge is -2.35. The summed E-state index contributed by atoms with van der Waals surface area (Å²) in [6.07, 6.45) is 2.56. The molecule has 0 unspecified atom stereocenters. The first-order valence-electron chi connectivity index (χ1n) is 6.68. The van der Waals surface area contributed by atoms with Crippen LogP contribution in [0.4, 0.5) is 4.79 Å². The predicted octanol–water partition coefficient (Wildman–Crippen LogP) is 1.82. The molecule has 0 radical (unpaired) electrons. The van der Waals surface area contributed by atoms with Crippen LogP contribution < -0.4 is 10.6 Å². The molecule has 17 heavy (non-hydrogen) atoms. The van der Waals surface area contributed by atoms with Gasteiger partial charge in [-0.05, 0) is 45.7 Å². The van der Waals surface area contributed by atoms with Crippen molar-refractivity contribution in [2.75, 3.05) is 26.2 Å². The zero-order chi connectivity index (χ0) is 12.9. The van der Waals surface area contributed by atoms with Crippen LogP contribution in [0.2, 0.25) is 0 Å². The molecule has 1 saturated heterocycles. The van der Waals surface area contributed by atoms with E-state index in [1.165, 1.54) is 12.8 Å². The molecule has 4 heteroatoms. The molecule has 0 spiro atoms. The third-order valence-corrected chi connectivity index (χ3v) is 3.31. The largest absolute Gasteiger partial charge is 0.338 e. The molecule has 0 aromatic rings. The van der Waals surface area contributed by atoms with Gasteiger partial charge in [-0.1, -0.05) is 13.8 Å². The van der Waals surface area contributed by atoms with Crippen LogP contribution >= 0.6 is 0 Å². The Bertz CT molecular complexity index is 245. The van der Waals surface area contributed by atoms with Crippen molar-refractivity contribution in [2.24, 2.45) is 5.92 Å². The topological polar surface area (TPSA) is 44.4 Å². The molecule has 100 valence electrons. The van der Waals surface area contributed by atoms with Crippen LogP contribution in [0.1, 0.15) is 40.5 Å². The van der Waals surface area contributed by atoms with Crippen LogP contribution in [0.25, 0.3) is 0 Å². The number of hydrogen-bond acceptors (Lipinski definition) is 2. The lowest BCUT2D eigenvalue weighted by Crippen LogP contribution is -2.52. The highest BCUT2D eigenvalue weighted by atomic mass is 16.2. The highest BCUT2D eigenvalue weighted by Gasteiger charge is 2.29. The van der Waals surface area contributed by atoms with Gasteiger partial charge in [-0.25, -0.2) is 4.79 Å². The number of carbonyl (C=O) groups excluding carboxylic acids is 1. The fourth-order valence-corrected chi connectivity index (χ4v) is 2.09. The van der Waals surface area contributed by atoms with Crippen LogP contribution in [0.5, 0.6) is 0 Å². The van der Waals surface area contributed by atoms with E-state index in [9.17, 15) is 4.79 Å². The van der Waals surface area contributed by atoms with Gasteiger partial charge >= 0.3 is 6.03 Å². The fraction of sp³-hybridized carbons (Fsp3) is 0.923. The van der Waals surface area contributed by atoms with Crippen LogP contribution in [0.3, 0.4) is 0 Å². The minimum absolute atomic E-state index is 0.0500. The van der Waals surface area contributed by atoms with E-state index < -0.39 is 0 Å². The molecule has 1 fully saturated rings. The molecule has 4 nitrogen and oxygen atoms in total. The lowest BCUT2D eigenvalue weighted by atomic mass is 10.0. The van der Waals surface area contributed by atoms with Gasteiger partial charge < -0.3 is 10.6 Å². The van der Waals surface area contributed by atoms with Crippen molar-refractivity contribution in [3.8, 4) is 0 Å². The average Bonchev–Trinajstić information content (AvgIpc) is 2.77. The standard InChI is InChI=1S/C13H27N3O/c1-11(2)9-14-12(17)15-10-13(3,4)16-7-5-6-8-16/h11H,5-10H2,1-4H3,(H2,14,15,17). The van der Waals surface area contributed by atoms with Crippen molar-refractivity contribution in [1.29, 1.82) is 0 Å². The van der Waals surface area contributed by atoms with Crippen LogP contribution in [0, 0.1) is 5.92 Å². The van der Waals surface area contributed by atoms with Gasteiger partial charge in [0.2, 0.25) is 0 Å². The Balaban J connectivity index is 2.26. The van der Waals surface area contributed by atoms with Crippen molar-refractivity contribution < 1.29 is 4.79 Å². The molecule has 2 amide bonds. The maximum atomic E-state index is 11.6. The van der Waals surface area contributed by atoms with E-state index >= 15 is 0 Å². The van der Waals surface area contributed by atoms with E-state index in [1.54, 1.807) is 0 Å². The van der Waals surface area contributed by atoms with Crippen LogP contribution in [0.15, 0.2) is 0 Å². The lowest BCUT2D eigenvalue weighted by molar-refractivity contribution is 0.152. The summed E-state index contributed by atoms with van der Waals surface area (Å²) in [7, 11) is 0. The first-order chi connectivity index (χ1) is 7.92. The number of nitrogens with one attached hydrogen (secondary N) is 2. The Morgan fingerprint density at radius 1 is 1.24 bits per heavy atom. The Kier molecular flexibility index (Phi) is 5.25. The zero-order valence-corrected chi connectivity index (χ0v) is 11.7. The molecule has 0 bridgehead atoms. The predicted molar refractivity (Wildman–Crippen MR) is 71.1 cm³/mol. The minimum atomic E-state index is -0.0500. The fourth-order valence-electron chi connectivity index (χ4n) is 2.09. The van der Waals surface area contributed by atoms with Crippen LogP contribution in [-0.2, 0) is 0 Å². The van der Waals surface area contributed by atoms with Gasteiger partial charge in [-0.3, -0.25) is 4.90 Å². The highest BCUT2D eigenvalue weighted by molar-refractivity contribution is 5.73. The third-order valence-electron chi connectivity index (χ3n) is 3.31. The van der Waals surface area contributed by atoms with Gasteiger partial charge in [-0.15, -0.1) is 0 Å². The molecule has 0 aliphatic carbocycles.